The fourth-order valence-electron chi connectivity index (χ4n) is 4.33. The van der Waals surface area contributed by atoms with E-state index < -0.39 is 5.72 Å². The molecule has 2 aromatic rings. The standard InChI is InChI=1S/C21H22I2N2O3/c1-20(2)17-5-4-13(11-22)8-18(17)24(3)21(20)7-6-14-9-16(25(26)27)10-15(12-23)19(14)28-21/h4-10,26-27H,11-12H2,1-3H3. The van der Waals surface area contributed by atoms with Gasteiger partial charge in [0.2, 0.25) is 5.72 Å². The second-order valence-electron chi connectivity index (χ2n) is 7.75. The van der Waals surface area contributed by atoms with Gasteiger partial charge >= 0.3 is 0 Å². The summed E-state index contributed by atoms with van der Waals surface area (Å²) in [4.78, 5) is 2.23. The van der Waals surface area contributed by atoms with Crippen molar-refractivity contribution >= 4 is 62.6 Å². The Kier molecular flexibility index (Phi) is 5.08. The Labute approximate surface area is 192 Å². The molecule has 1 spiro atoms. The van der Waals surface area contributed by atoms with Gasteiger partial charge in [-0.2, -0.15) is 0 Å². The van der Waals surface area contributed by atoms with Gasteiger partial charge in [-0.1, -0.05) is 57.3 Å². The highest BCUT2D eigenvalue weighted by atomic mass is 127. The topological polar surface area (TPSA) is 56.2 Å². The van der Waals surface area contributed by atoms with Crippen molar-refractivity contribution in [1.29, 1.82) is 0 Å². The van der Waals surface area contributed by atoms with Gasteiger partial charge in [0.15, 0.2) is 0 Å². The van der Waals surface area contributed by atoms with E-state index in [1.165, 1.54) is 16.8 Å². The Morgan fingerprint density at radius 3 is 2.50 bits per heavy atom. The quantitative estimate of drug-likeness (QED) is 0.269. The monoisotopic (exact) mass is 604 g/mol. The molecule has 2 aliphatic rings. The van der Waals surface area contributed by atoms with Crippen molar-refractivity contribution in [2.45, 2.75) is 33.8 Å². The minimum Gasteiger partial charge on any atom is -0.462 e. The van der Waals surface area contributed by atoms with Crippen molar-refractivity contribution in [2.75, 3.05) is 17.2 Å². The van der Waals surface area contributed by atoms with Crippen LogP contribution in [0, 0.1) is 0 Å². The highest BCUT2D eigenvalue weighted by Gasteiger charge is 2.57. The number of hydrogen-bond donors (Lipinski definition) is 2. The maximum absolute atomic E-state index is 9.46. The van der Waals surface area contributed by atoms with Crippen LogP contribution < -0.4 is 14.9 Å². The summed E-state index contributed by atoms with van der Waals surface area (Å²) in [5.41, 5.74) is 4.93. The fraction of sp³-hybridized carbons (Fsp3) is 0.333. The molecule has 0 bridgehead atoms. The van der Waals surface area contributed by atoms with E-state index in [1.54, 1.807) is 12.1 Å². The van der Waals surface area contributed by atoms with E-state index >= 15 is 0 Å². The maximum atomic E-state index is 9.46. The number of rotatable bonds is 3. The Morgan fingerprint density at radius 2 is 1.86 bits per heavy atom. The molecule has 2 aliphatic heterocycles. The van der Waals surface area contributed by atoms with E-state index in [9.17, 15) is 10.4 Å². The van der Waals surface area contributed by atoms with Gasteiger partial charge in [0.25, 0.3) is 0 Å². The first-order valence-corrected chi connectivity index (χ1v) is 12.0. The summed E-state index contributed by atoms with van der Waals surface area (Å²) in [6.45, 7) is 4.44. The number of ether oxygens (including phenoxy) is 1. The molecule has 4 rings (SSSR count). The molecule has 0 aliphatic carbocycles. The molecule has 2 heterocycles. The summed E-state index contributed by atoms with van der Waals surface area (Å²) in [5, 5.41) is 19.1. The van der Waals surface area contributed by atoms with Crippen LogP contribution in [0.1, 0.15) is 36.1 Å². The minimum absolute atomic E-state index is 0.154. The molecule has 5 nitrogen and oxygen atoms in total. The molecule has 7 heteroatoms. The largest absolute Gasteiger partial charge is 0.462 e. The SMILES string of the molecule is CN1c2cc(CI)ccc2C(C)(C)C12C=Cc1cc(N(O)O)cc(CI)c1O2. The van der Waals surface area contributed by atoms with Gasteiger partial charge in [-0.15, -0.1) is 5.23 Å². The third kappa shape index (κ3) is 2.77. The lowest BCUT2D eigenvalue weighted by atomic mass is 9.76. The third-order valence-electron chi connectivity index (χ3n) is 5.95. The van der Waals surface area contributed by atoms with Crippen molar-refractivity contribution in [1.82, 2.24) is 0 Å². The van der Waals surface area contributed by atoms with Crippen LogP contribution in [0.4, 0.5) is 11.4 Å². The summed E-state index contributed by atoms with van der Waals surface area (Å²) in [6.07, 6.45) is 4.13. The van der Waals surface area contributed by atoms with E-state index in [-0.39, 0.29) is 10.6 Å². The number of alkyl halides is 2. The molecular formula is C21H22I2N2O3. The second kappa shape index (κ2) is 7.03. The Balaban J connectivity index is 1.86. The smallest absolute Gasteiger partial charge is 0.211 e. The normalized spacial score (nSPS) is 21.5. The van der Waals surface area contributed by atoms with Crippen LogP contribution in [0.25, 0.3) is 6.08 Å². The van der Waals surface area contributed by atoms with Gasteiger partial charge < -0.3 is 9.64 Å². The second-order valence-corrected chi connectivity index (χ2v) is 9.27. The van der Waals surface area contributed by atoms with Gasteiger partial charge in [-0.25, -0.2) is 0 Å². The number of anilines is 2. The summed E-state index contributed by atoms with van der Waals surface area (Å²) in [7, 11) is 2.08. The van der Waals surface area contributed by atoms with E-state index in [0.29, 0.717) is 10.1 Å². The number of halogens is 2. The van der Waals surface area contributed by atoms with Gasteiger partial charge in [-0.3, -0.25) is 10.4 Å². The molecule has 0 aromatic heterocycles. The fourth-order valence-corrected chi connectivity index (χ4v) is 5.37. The van der Waals surface area contributed by atoms with Crippen LogP contribution >= 0.6 is 45.2 Å². The van der Waals surface area contributed by atoms with Crippen molar-refractivity contribution < 1.29 is 15.2 Å². The zero-order valence-corrected chi connectivity index (χ0v) is 20.2. The number of likely N-dealkylation sites (N-methyl/N-ethyl adjacent to an activating group) is 1. The lowest BCUT2D eigenvalue weighted by Crippen LogP contribution is -2.58. The van der Waals surface area contributed by atoms with Crippen LogP contribution in [0.2, 0.25) is 0 Å². The molecule has 0 amide bonds. The van der Waals surface area contributed by atoms with Gasteiger partial charge in [0.05, 0.1) is 11.1 Å². The first-order chi connectivity index (χ1) is 13.2. The Hall–Kier alpha value is -1.04. The molecule has 1 atom stereocenters. The molecule has 1 unspecified atom stereocenters. The average molecular weight is 604 g/mol. The first-order valence-electron chi connectivity index (χ1n) is 8.97. The number of hydrogen-bond acceptors (Lipinski definition) is 5. The molecule has 0 saturated carbocycles. The van der Waals surface area contributed by atoms with Crippen LogP contribution in [-0.4, -0.2) is 23.2 Å². The highest BCUT2D eigenvalue weighted by Crippen LogP contribution is 2.55. The summed E-state index contributed by atoms with van der Waals surface area (Å²) in [6, 6.07) is 10.1. The van der Waals surface area contributed by atoms with Crippen molar-refractivity contribution in [3.05, 3.63) is 58.7 Å². The van der Waals surface area contributed by atoms with Gasteiger partial charge in [0.1, 0.15) is 5.75 Å². The molecule has 0 fully saturated rings. The average Bonchev–Trinajstić information content (AvgIpc) is 2.85. The van der Waals surface area contributed by atoms with E-state index in [1.807, 2.05) is 6.08 Å². The zero-order valence-electron chi connectivity index (χ0n) is 15.9. The van der Waals surface area contributed by atoms with Crippen molar-refractivity contribution in [2.24, 2.45) is 0 Å². The summed E-state index contributed by atoms with van der Waals surface area (Å²) in [5.74, 6) is 0.796. The first kappa shape index (κ1) is 20.2. The lowest BCUT2D eigenvalue weighted by molar-refractivity contribution is 0.0288. The molecule has 0 radical (unpaired) electrons. The summed E-state index contributed by atoms with van der Waals surface area (Å²) < 4.78 is 8.43. The highest BCUT2D eigenvalue weighted by molar-refractivity contribution is 14.1. The molecular weight excluding hydrogens is 582 g/mol. The molecule has 2 N–H and O–H groups in total. The molecule has 28 heavy (non-hydrogen) atoms. The molecule has 0 saturated heterocycles. The minimum atomic E-state index is -0.646. The van der Waals surface area contributed by atoms with Crippen molar-refractivity contribution in [3.8, 4) is 5.75 Å². The van der Waals surface area contributed by atoms with Crippen LogP contribution in [0.5, 0.6) is 5.75 Å². The van der Waals surface area contributed by atoms with Crippen LogP contribution in [0.3, 0.4) is 0 Å². The summed E-state index contributed by atoms with van der Waals surface area (Å²) >= 11 is 4.66. The number of fused-ring (bicyclic) bond motifs is 2. The predicted octanol–water partition coefficient (Wildman–Crippen LogP) is 5.67. The zero-order chi connectivity index (χ0) is 20.3. The van der Waals surface area contributed by atoms with E-state index in [0.717, 1.165) is 21.3 Å². The van der Waals surface area contributed by atoms with Crippen LogP contribution in [0.15, 0.2) is 36.4 Å². The maximum Gasteiger partial charge on any atom is 0.211 e. The van der Waals surface area contributed by atoms with Gasteiger partial charge in [-0.05, 0) is 55.3 Å². The van der Waals surface area contributed by atoms with Gasteiger partial charge in [0, 0.05) is 32.7 Å². The van der Waals surface area contributed by atoms with Crippen LogP contribution in [-0.2, 0) is 14.3 Å². The van der Waals surface area contributed by atoms with Crippen molar-refractivity contribution in [3.63, 3.8) is 0 Å². The molecule has 148 valence electrons. The number of benzene rings is 2. The predicted molar refractivity (Wildman–Crippen MR) is 128 cm³/mol. The lowest BCUT2D eigenvalue weighted by Gasteiger charge is -2.46. The number of nitrogens with zero attached hydrogens (tertiary/aromatic N) is 2. The van der Waals surface area contributed by atoms with E-state index in [4.69, 9.17) is 4.74 Å². The molecule has 2 aromatic carbocycles. The third-order valence-corrected chi connectivity index (χ3v) is 7.65. The van der Waals surface area contributed by atoms with E-state index in [2.05, 4.69) is 95.3 Å². The Morgan fingerprint density at radius 1 is 1.11 bits per heavy atom. The Bertz CT molecular complexity index is 974.